The molecule has 0 unspecified atom stereocenters. The van der Waals surface area contributed by atoms with E-state index in [2.05, 4.69) is 5.16 Å². The van der Waals surface area contributed by atoms with Gasteiger partial charge in [-0.2, -0.15) is 4.31 Å². The molecule has 2 aromatic rings. The van der Waals surface area contributed by atoms with Crippen molar-refractivity contribution in [1.29, 1.82) is 0 Å². The van der Waals surface area contributed by atoms with Crippen LogP contribution in [0.15, 0.2) is 27.6 Å². The first kappa shape index (κ1) is 15.4. The standard InChI is InChI=1S/C12H13F2N3O3S/c1-7-3-9(16-20-7)6-17(2)21(18,19)11-5-8(15)4-10(13)12(11)14/h3-5H,6,15H2,1-2H3. The lowest BCUT2D eigenvalue weighted by Gasteiger charge is -2.16. The van der Waals surface area contributed by atoms with Crippen LogP contribution in [0.3, 0.4) is 0 Å². The summed E-state index contributed by atoms with van der Waals surface area (Å²) < 4.78 is 57.2. The molecular weight excluding hydrogens is 304 g/mol. The lowest BCUT2D eigenvalue weighted by molar-refractivity contribution is 0.377. The Morgan fingerprint density at radius 2 is 2.00 bits per heavy atom. The van der Waals surface area contributed by atoms with Crippen LogP contribution in [0, 0.1) is 18.6 Å². The van der Waals surface area contributed by atoms with Crippen LogP contribution in [0.4, 0.5) is 14.5 Å². The number of hydrogen-bond acceptors (Lipinski definition) is 5. The van der Waals surface area contributed by atoms with Gasteiger partial charge < -0.3 is 10.3 Å². The highest BCUT2D eigenvalue weighted by Crippen LogP contribution is 2.24. The monoisotopic (exact) mass is 317 g/mol. The van der Waals surface area contributed by atoms with Gasteiger partial charge in [0.2, 0.25) is 10.0 Å². The molecule has 9 heteroatoms. The Labute approximate surface area is 120 Å². The number of rotatable bonds is 4. The van der Waals surface area contributed by atoms with Crippen LogP contribution in [0.25, 0.3) is 0 Å². The Balaban J connectivity index is 2.37. The van der Waals surface area contributed by atoms with Gasteiger partial charge in [-0.25, -0.2) is 17.2 Å². The predicted molar refractivity (Wildman–Crippen MR) is 70.7 cm³/mol. The van der Waals surface area contributed by atoms with E-state index in [9.17, 15) is 17.2 Å². The molecule has 0 fully saturated rings. The van der Waals surface area contributed by atoms with Crippen LogP contribution in [-0.2, 0) is 16.6 Å². The van der Waals surface area contributed by atoms with Gasteiger partial charge >= 0.3 is 0 Å². The number of nitrogen functional groups attached to an aromatic ring is 1. The third-order valence-electron chi connectivity index (χ3n) is 2.77. The first-order chi connectivity index (χ1) is 9.71. The zero-order chi connectivity index (χ0) is 15.8. The molecule has 2 rings (SSSR count). The Bertz CT molecular complexity index is 774. The van der Waals surface area contributed by atoms with Crippen LogP contribution in [-0.4, -0.2) is 24.9 Å². The summed E-state index contributed by atoms with van der Waals surface area (Å²) in [5, 5.41) is 3.65. The molecule has 6 nitrogen and oxygen atoms in total. The summed E-state index contributed by atoms with van der Waals surface area (Å²) in [6.45, 7) is 1.51. The van der Waals surface area contributed by atoms with Crippen LogP contribution < -0.4 is 5.73 Å². The van der Waals surface area contributed by atoms with E-state index in [1.807, 2.05) is 0 Å². The Hall–Kier alpha value is -2.00. The quantitative estimate of drug-likeness (QED) is 0.866. The summed E-state index contributed by atoms with van der Waals surface area (Å²) in [6, 6.07) is 3.13. The average molecular weight is 317 g/mol. The van der Waals surface area contributed by atoms with Crippen LogP contribution in [0.1, 0.15) is 11.5 Å². The van der Waals surface area contributed by atoms with Gasteiger partial charge in [-0.1, -0.05) is 5.16 Å². The maximum Gasteiger partial charge on any atom is 0.246 e. The highest BCUT2D eigenvalue weighted by molar-refractivity contribution is 7.89. The molecule has 21 heavy (non-hydrogen) atoms. The number of nitrogens with two attached hydrogens (primary N) is 1. The second-order valence-corrected chi connectivity index (χ2v) is 6.52. The number of nitrogens with zero attached hydrogens (tertiary/aromatic N) is 2. The van der Waals surface area contributed by atoms with Crippen molar-refractivity contribution in [3.05, 3.63) is 41.3 Å². The first-order valence-electron chi connectivity index (χ1n) is 5.85. The van der Waals surface area contributed by atoms with E-state index in [0.717, 1.165) is 16.4 Å². The minimum Gasteiger partial charge on any atom is -0.399 e. The third kappa shape index (κ3) is 3.03. The van der Waals surface area contributed by atoms with Crippen molar-refractivity contribution < 1.29 is 21.7 Å². The Kier molecular flexibility index (Phi) is 3.97. The molecule has 2 N–H and O–H groups in total. The lowest BCUT2D eigenvalue weighted by atomic mass is 10.3. The molecule has 1 heterocycles. The van der Waals surface area contributed by atoms with Crippen molar-refractivity contribution in [3.63, 3.8) is 0 Å². The molecule has 0 spiro atoms. The minimum absolute atomic E-state index is 0.143. The van der Waals surface area contributed by atoms with E-state index in [-0.39, 0.29) is 12.2 Å². The van der Waals surface area contributed by atoms with E-state index < -0.39 is 26.6 Å². The van der Waals surface area contributed by atoms with Crippen molar-refractivity contribution in [2.45, 2.75) is 18.4 Å². The topological polar surface area (TPSA) is 89.4 Å². The summed E-state index contributed by atoms with van der Waals surface area (Å²) in [4.78, 5) is -0.817. The summed E-state index contributed by atoms with van der Waals surface area (Å²) >= 11 is 0. The van der Waals surface area contributed by atoms with Gasteiger partial charge in [0.15, 0.2) is 11.6 Å². The number of benzene rings is 1. The summed E-state index contributed by atoms with van der Waals surface area (Å²) in [6.07, 6.45) is 0. The van der Waals surface area contributed by atoms with E-state index in [1.54, 1.807) is 13.0 Å². The molecule has 1 aromatic carbocycles. The fraction of sp³-hybridized carbons (Fsp3) is 0.250. The fourth-order valence-electron chi connectivity index (χ4n) is 1.74. The molecule has 0 bridgehead atoms. The Morgan fingerprint density at radius 3 is 2.57 bits per heavy atom. The van der Waals surface area contributed by atoms with Gasteiger partial charge in [0, 0.05) is 18.8 Å². The lowest BCUT2D eigenvalue weighted by Crippen LogP contribution is -2.27. The molecule has 0 aliphatic rings. The van der Waals surface area contributed by atoms with Gasteiger partial charge in [-0.3, -0.25) is 0 Å². The van der Waals surface area contributed by atoms with E-state index in [0.29, 0.717) is 11.5 Å². The van der Waals surface area contributed by atoms with Crippen molar-refractivity contribution in [1.82, 2.24) is 9.46 Å². The molecule has 0 saturated heterocycles. The molecule has 0 aliphatic carbocycles. The maximum absolute atomic E-state index is 13.7. The molecule has 0 saturated carbocycles. The maximum atomic E-state index is 13.7. The number of anilines is 1. The molecule has 0 aliphatic heterocycles. The van der Waals surface area contributed by atoms with Gasteiger partial charge in [0.25, 0.3) is 0 Å². The van der Waals surface area contributed by atoms with Crippen LogP contribution in [0.2, 0.25) is 0 Å². The number of hydrogen-bond donors (Lipinski definition) is 1. The zero-order valence-corrected chi connectivity index (χ0v) is 12.1. The SMILES string of the molecule is Cc1cc(CN(C)S(=O)(=O)c2cc(N)cc(F)c2F)no1. The highest BCUT2D eigenvalue weighted by atomic mass is 32.2. The second-order valence-electron chi connectivity index (χ2n) is 4.50. The number of sulfonamides is 1. The van der Waals surface area contributed by atoms with E-state index in [1.165, 1.54) is 7.05 Å². The van der Waals surface area contributed by atoms with Crippen molar-refractivity contribution in [2.75, 3.05) is 12.8 Å². The van der Waals surface area contributed by atoms with Crippen molar-refractivity contribution >= 4 is 15.7 Å². The van der Waals surface area contributed by atoms with Gasteiger partial charge in [0.1, 0.15) is 10.7 Å². The smallest absolute Gasteiger partial charge is 0.246 e. The molecule has 0 atom stereocenters. The predicted octanol–water partition coefficient (Wildman–Crippen LogP) is 1.66. The molecular formula is C12H13F2N3O3S. The molecule has 114 valence electrons. The Morgan fingerprint density at radius 1 is 1.33 bits per heavy atom. The number of aromatic nitrogens is 1. The number of halogens is 2. The summed E-state index contributed by atoms with van der Waals surface area (Å²) in [7, 11) is -3.02. The van der Waals surface area contributed by atoms with Gasteiger partial charge in [-0.15, -0.1) is 0 Å². The van der Waals surface area contributed by atoms with Crippen LogP contribution in [0.5, 0.6) is 0 Å². The van der Waals surface area contributed by atoms with Crippen molar-refractivity contribution in [3.8, 4) is 0 Å². The van der Waals surface area contributed by atoms with Gasteiger partial charge in [-0.05, 0) is 19.1 Å². The molecule has 1 aromatic heterocycles. The highest BCUT2D eigenvalue weighted by Gasteiger charge is 2.27. The van der Waals surface area contributed by atoms with Crippen LogP contribution >= 0.6 is 0 Å². The van der Waals surface area contributed by atoms with Gasteiger partial charge in [0.05, 0.1) is 12.2 Å². The van der Waals surface area contributed by atoms with E-state index in [4.69, 9.17) is 10.3 Å². The zero-order valence-electron chi connectivity index (χ0n) is 11.3. The van der Waals surface area contributed by atoms with Crippen molar-refractivity contribution in [2.24, 2.45) is 0 Å². The summed E-state index contributed by atoms with van der Waals surface area (Å²) in [5.74, 6) is -2.27. The molecule has 0 amide bonds. The average Bonchev–Trinajstić information content (AvgIpc) is 2.79. The summed E-state index contributed by atoms with van der Waals surface area (Å²) in [5.41, 5.74) is 5.53. The molecule has 0 radical (unpaired) electrons. The third-order valence-corrected chi connectivity index (χ3v) is 4.57. The first-order valence-corrected chi connectivity index (χ1v) is 7.29. The second kappa shape index (κ2) is 5.41. The number of aryl methyl sites for hydroxylation is 1. The largest absolute Gasteiger partial charge is 0.399 e. The minimum atomic E-state index is -4.25. The fourth-order valence-corrected chi connectivity index (χ4v) is 2.99. The normalized spacial score (nSPS) is 12.0. The van der Waals surface area contributed by atoms with E-state index >= 15 is 0 Å².